The lowest BCUT2D eigenvalue weighted by atomic mass is 10.0. The van der Waals surface area contributed by atoms with Crippen molar-refractivity contribution >= 4 is 28.8 Å². The van der Waals surface area contributed by atoms with E-state index in [1.54, 1.807) is 49.4 Å². The Kier molecular flexibility index (Phi) is 7.96. The van der Waals surface area contributed by atoms with Crippen LogP contribution in [0.3, 0.4) is 0 Å². The summed E-state index contributed by atoms with van der Waals surface area (Å²) in [6.45, 7) is 2.15. The Balaban J connectivity index is 1.10. The Bertz CT molecular complexity index is 1900. The first kappa shape index (κ1) is 27.5. The van der Waals surface area contributed by atoms with Gasteiger partial charge in [-0.15, -0.1) is 0 Å². The van der Waals surface area contributed by atoms with Gasteiger partial charge in [-0.25, -0.2) is 4.79 Å². The van der Waals surface area contributed by atoms with E-state index in [0.717, 1.165) is 22.3 Å². The zero-order chi connectivity index (χ0) is 29.6. The van der Waals surface area contributed by atoms with Gasteiger partial charge in [0.15, 0.2) is 5.78 Å². The molecule has 0 saturated heterocycles. The van der Waals surface area contributed by atoms with Crippen LogP contribution >= 0.6 is 0 Å². The van der Waals surface area contributed by atoms with E-state index in [1.807, 2.05) is 91.0 Å². The normalized spacial score (nSPS) is 11.1. The van der Waals surface area contributed by atoms with E-state index in [1.165, 1.54) is 6.08 Å². The molecule has 43 heavy (non-hydrogen) atoms. The van der Waals surface area contributed by atoms with Crippen molar-refractivity contribution in [3.8, 4) is 22.6 Å². The zero-order valence-electron chi connectivity index (χ0n) is 23.5. The summed E-state index contributed by atoms with van der Waals surface area (Å²) in [5.41, 5.74) is 5.56. The number of ketones is 1. The minimum atomic E-state index is -0.520. The second-order valence-corrected chi connectivity index (χ2v) is 10.1. The van der Waals surface area contributed by atoms with Crippen LogP contribution in [0.5, 0.6) is 11.5 Å². The standard InChI is InChI=1S/C38H28O5/c1-26-37(34-24-33(21-23-36(34)42-26)41-25-28-8-4-2-5-9-28)38(40)43-32-19-12-27(13-20-32)14-22-35(39)31-17-15-30(16-18-31)29-10-6-3-7-11-29/h2-24H,25H2,1H3. The predicted molar refractivity (Wildman–Crippen MR) is 168 cm³/mol. The summed E-state index contributed by atoms with van der Waals surface area (Å²) in [5, 5.41) is 0.628. The fourth-order valence-electron chi connectivity index (χ4n) is 4.81. The molecular weight excluding hydrogens is 536 g/mol. The SMILES string of the molecule is Cc1oc2ccc(OCc3ccccc3)cc2c1C(=O)Oc1ccc(C=CC(=O)c2ccc(-c3ccccc3)cc2)cc1. The summed E-state index contributed by atoms with van der Waals surface area (Å²) >= 11 is 0. The Labute approximate surface area is 249 Å². The van der Waals surface area contributed by atoms with Crippen LogP contribution in [0.1, 0.15) is 37.6 Å². The molecule has 0 bridgehead atoms. The van der Waals surface area contributed by atoms with E-state index in [0.29, 0.717) is 46.0 Å². The average molecular weight is 565 g/mol. The summed E-state index contributed by atoms with van der Waals surface area (Å²) in [7, 11) is 0. The smallest absolute Gasteiger partial charge is 0.347 e. The molecule has 0 spiro atoms. The number of esters is 1. The summed E-state index contributed by atoms with van der Waals surface area (Å²) in [6.07, 6.45) is 3.28. The molecule has 1 aromatic heterocycles. The van der Waals surface area contributed by atoms with E-state index in [-0.39, 0.29) is 5.78 Å². The third-order valence-corrected chi connectivity index (χ3v) is 7.08. The van der Waals surface area contributed by atoms with E-state index < -0.39 is 5.97 Å². The van der Waals surface area contributed by atoms with Gasteiger partial charge in [-0.05, 0) is 65.6 Å². The van der Waals surface area contributed by atoms with Crippen molar-refractivity contribution in [1.29, 1.82) is 0 Å². The number of ether oxygens (including phenoxy) is 2. The van der Waals surface area contributed by atoms with Gasteiger partial charge in [-0.2, -0.15) is 0 Å². The molecule has 0 fully saturated rings. The van der Waals surface area contributed by atoms with Crippen molar-refractivity contribution in [2.24, 2.45) is 0 Å². The van der Waals surface area contributed by atoms with Gasteiger partial charge < -0.3 is 13.9 Å². The van der Waals surface area contributed by atoms with Crippen molar-refractivity contribution in [2.45, 2.75) is 13.5 Å². The quantitative estimate of drug-likeness (QED) is 0.0758. The Morgan fingerprint density at radius 3 is 2.09 bits per heavy atom. The topological polar surface area (TPSA) is 65.7 Å². The molecule has 0 aliphatic carbocycles. The number of hydrogen-bond donors (Lipinski definition) is 0. The zero-order valence-corrected chi connectivity index (χ0v) is 23.5. The third-order valence-electron chi connectivity index (χ3n) is 7.08. The molecular formula is C38H28O5. The minimum Gasteiger partial charge on any atom is -0.489 e. The van der Waals surface area contributed by atoms with Gasteiger partial charge in [0.2, 0.25) is 0 Å². The molecule has 0 radical (unpaired) electrons. The van der Waals surface area contributed by atoms with Gasteiger partial charge in [-0.1, -0.05) is 103 Å². The number of benzene rings is 5. The van der Waals surface area contributed by atoms with Gasteiger partial charge in [0.1, 0.15) is 35.0 Å². The molecule has 5 heteroatoms. The van der Waals surface area contributed by atoms with Crippen LogP contribution in [0.4, 0.5) is 0 Å². The highest BCUT2D eigenvalue weighted by molar-refractivity contribution is 6.07. The van der Waals surface area contributed by atoms with Gasteiger partial charge in [0.25, 0.3) is 0 Å². The second kappa shape index (κ2) is 12.5. The second-order valence-electron chi connectivity index (χ2n) is 10.1. The number of rotatable bonds is 9. The first-order valence-electron chi connectivity index (χ1n) is 13.9. The van der Waals surface area contributed by atoms with Crippen LogP contribution < -0.4 is 9.47 Å². The first-order valence-corrected chi connectivity index (χ1v) is 13.9. The fourth-order valence-corrected chi connectivity index (χ4v) is 4.81. The van der Waals surface area contributed by atoms with E-state index in [2.05, 4.69) is 0 Å². The van der Waals surface area contributed by atoms with Crippen molar-refractivity contribution < 1.29 is 23.5 Å². The van der Waals surface area contributed by atoms with Crippen molar-refractivity contribution in [2.75, 3.05) is 0 Å². The summed E-state index contributed by atoms with van der Waals surface area (Å²) in [4.78, 5) is 25.9. The van der Waals surface area contributed by atoms with Gasteiger partial charge in [-0.3, -0.25) is 4.79 Å². The molecule has 5 aromatic carbocycles. The van der Waals surface area contributed by atoms with Crippen LogP contribution in [-0.4, -0.2) is 11.8 Å². The van der Waals surface area contributed by atoms with Crippen LogP contribution in [0.15, 0.2) is 138 Å². The molecule has 0 unspecified atom stereocenters. The van der Waals surface area contributed by atoms with Crippen LogP contribution in [0.2, 0.25) is 0 Å². The Hall–Kier alpha value is -5.68. The molecule has 0 N–H and O–H groups in total. The summed E-state index contributed by atoms with van der Waals surface area (Å²) < 4.78 is 17.4. The Morgan fingerprint density at radius 1 is 0.721 bits per heavy atom. The monoisotopic (exact) mass is 564 g/mol. The van der Waals surface area contributed by atoms with Crippen LogP contribution in [-0.2, 0) is 6.61 Å². The molecule has 0 aliphatic heterocycles. The summed E-state index contributed by atoms with van der Waals surface area (Å²) in [6, 6.07) is 39.8. The first-order chi connectivity index (χ1) is 21.0. The number of hydrogen-bond acceptors (Lipinski definition) is 5. The van der Waals surface area contributed by atoms with Gasteiger partial charge in [0, 0.05) is 10.9 Å². The van der Waals surface area contributed by atoms with Crippen LogP contribution in [0, 0.1) is 6.92 Å². The van der Waals surface area contributed by atoms with E-state index in [4.69, 9.17) is 13.9 Å². The molecule has 210 valence electrons. The van der Waals surface area contributed by atoms with Crippen LogP contribution in [0.25, 0.3) is 28.2 Å². The highest BCUT2D eigenvalue weighted by atomic mass is 16.5. The highest BCUT2D eigenvalue weighted by Crippen LogP contribution is 2.30. The lowest BCUT2D eigenvalue weighted by molar-refractivity contribution is 0.0734. The minimum absolute atomic E-state index is 0.0930. The maximum absolute atomic E-state index is 13.2. The van der Waals surface area contributed by atoms with Crippen molar-refractivity contribution in [3.05, 3.63) is 161 Å². The average Bonchev–Trinajstić information content (AvgIpc) is 3.39. The summed E-state index contributed by atoms with van der Waals surface area (Å²) in [5.74, 6) is 0.868. The number of fused-ring (bicyclic) bond motifs is 1. The highest BCUT2D eigenvalue weighted by Gasteiger charge is 2.21. The fraction of sp³-hybridized carbons (Fsp3) is 0.0526. The molecule has 6 rings (SSSR count). The number of carbonyl (C=O) groups is 2. The molecule has 0 aliphatic rings. The molecule has 1 heterocycles. The van der Waals surface area contributed by atoms with Gasteiger partial charge >= 0.3 is 5.97 Å². The molecule has 0 saturated carbocycles. The number of carbonyl (C=O) groups excluding carboxylic acids is 2. The molecule has 0 atom stereocenters. The third kappa shape index (κ3) is 6.47. The predicted octanol–water partition coefficient (Wildman–Crippen LogP) is 9.10. The lowest BCUT2D eigenvalue weighted by Gasteiger charge is -2.07. The molecule has 5 nitrogen and oxygen atoms in total. The molecule has 0 amide bonds. The van der Waals surface area contributed by atoms with E-state index in [9.17, 15) is 9.59 Å². The number of allylic oxidation sites excluding steroid dienone is 1. The Morgan fingerprint density at radius 2 is 1.37 bits per heavy atom. The van der Waals surface area contributed by atoms with E-state index >= 15 is 0 Å². The lowest BCUT2D eigenvalue weighted by Crippen LogP contribution is -2.09. The van der Waals surface area contributed by atoms with Gasteiger partial charge in [0.05, 0.1) is 0 Å². The maximum Gasteiger partial charge on any atom is 0.347 e. The molecule has 6 aromatic rings. The van der Waals surface area contributed by atoms with Crippen molar-refractivity contribution in [3.63, 3.8) is 0 Å². The number of furan rings is 1. The maximum atomic E-state index is 13.2. The number of aryl methyl sites for hydroxylation is 1. The van der Waals surface area contributed by atoms with Crippen molar-refractivity contribution in [1.82, 2.24) is 0 Å². The largest absolute Gasteiger partial charge is 0.489 e.